The first-order chi connectivity index (χ1) is 14.4. The third-order valence-corrected chi connectivity index (χ3v) is 4.23. The van der Waals surface area contributed by atoms with E-state index < -0.39 is 11.9 Å². The zero-order valence-electron chi connectivity index (χ0n) is 16.2. The number of nitrogens with one attached hydrogen (secondary N) is 4. The number of rotatable bonds is 7. The molecule has 10 heteroatoms. The van der Waals surface area contributed by atoms with Gasteiger partial charge in [-0.25, -0.2) is 4.79 Å². The lowest BCUT2D eigenvalue weighted by Gasteiger charge is -2.12. The molecule has 0 unspecified atom stereocenters. The van der Waals surface area contributed by atoms with E-state index in [-0.39, 0.29) is 23.9 Å². The van der Waals surface area contributed by atoms with E-state index in [2.05, 4.69) is 21.5 Å². The van der Waals surface area contributed by atoms with Crippen molar-refractivity contribution in [2.45, 2.75) is 19.8 Å². The molecule has 2 aromatic rings. The molecule has 30 heavy (non-hydrogen) atoms. The number of anilines is 2. The van der Waals surface area contributed by atoms with Gasteiger partial charge in [0.25, 0.3) is 0 Å². The van der Waals surface area contributed by atoms with Gasteiger partial charge in [0.1, 0.15) is 0 Å². The van der Waals surface area contributed by atoms with Crippen molar-refractivity contribution in [3.63, 3.8) is 0 Å². The van der Waals surface area contributed by atoms with Crippen LogP contribution in [0.15, 0.2) is 48.5 Å². The fraction of sp³-hybridized carbons (Fsp3) is 0.200. The van der Waals surface area contributed by atoms with Gasteiger partial charge in [-0.15, -0.1) is 0 Å². The summed E-state index contributed by atoms with van der Waals surface area (Å²) in [6.45, 7) is 2.03. The minimum absolute atomic E-state index is 0.0196. The van der Waals surface area contributed by atoms with Gasteiger partial charge in [-0.2, -0.15) is 0 Å². The third-order valence-electron chi connectivity index (χ3n) is 3.70. The van der Waals surface area contributed by atoms with Gasteiger partial charge in [0.15, 0.2) is 5.11 Å². The summed E-state index contributed by atoms with van der Waals surface area (Å²) in [4.78, 5) is 35.4. The summed E-state index contributed by atoms with van der Waals surface area (Å²) in [6.07, 6.45) is -0.0611. The zero-order valence-corrected chi connectivity index (χ0v) is 17.7. The fourth-order valence-electron chi connectivity index (χ4n) is 2.26. The molecule has 4 N–H and O–H groups in total. The molecule has 0 fully saturated rings. The zero-order chi connectivity index (χ0) is 21.9. The van der Waals surface area contributed by atoms with Crippen LogP contribution in [0.4, 0.5) is 11.4 Å². The normalized spacial score (nSPS) is 9.93. The van der Waals surface area contributed by atoms with Crippen molar-refractivity contribution in [2.24, 2.45) is 0 Å². The van der Waals surface area contributed by atoms with Crippen molar-refractivity contribution < 1.29 is 19.1 Å². The molecule has 0 aliphatic heterocycles. The first-order valence-corrected chi connectivity index (χ1v) is 9.85. The molecule has 2 aromatic carbocycles. The highest BCUT2D eigenvalue weighted by molar-refractivity contribution is 7.80. The lowest BCUT2D eigenvalue weighted by atomic mass is 10.2. The lowest BCUT2D eigenvalue weighted by molar-refractivity contribution is -0.124. The van der Waals surface area contributed by atoms with E-state index in [0.717, 1.165) is 0 Å². The Morgan fingerprint density at radius 3 is 2.27 bits per heavy atom. The van der Waals surface area contributed by atoms with Crippen LogP contribution in [0.1, 0.15) is 30.1 Å². The smallest absolute Gasteiger partial charge is 0.338 e. The number of para-hydroxylation sites is 1. The molecule has 0 radical (unpaired) electrons. The van der Waals surface area contributed by atoms with Crippen LogP contribution < -0.4 is 21.5 Å². The van der Waals surface area contributed by atoms with E-state index in [1.165, 1.54) is 0 Å². The summed E-state index contributed by atoms with van der Waals surface area (Å²) in [5.74, 6) is -1.15. The number of hydrogen-bond acceptors (Lipinski definition) is 5. The van der Waals surface area contributed by atoms with E-state index in [1.54, 1.807) is 55.5 Å². The van der Waals surface area contributed by atoms with Crippen molar-refractivity contribution in [1.82, 2.24) is 10.9 Å². The summed E-state index contributed by atoms with van der Waals surface area (Å²) in [6, 6.07) is 13.3. The van der Waals surface area contributed by atoms with Gasteiger partial charge in [0.05, 0.1) is 22.9 Å². The van der Waals surface area contributed by atoms with Crippen LogP contribution in [-0.2, 0) is 14.3 Å². The van der Waals surface area contributed by atoms with Crippen LogP contribution >= 0.6 is 23.8 Å². The molecular formula is C20H21ClN4O4S. The molecule has 0 aliphatic rings. The topological polar surface area (TPSA) is 109 Å². The Kier molecular flexibility index (Phi) is 9.04. The monoisotopic (exact) mass is 448 g/mol. The number of amides is 2. The van der Waals surface area contributed by atoms with Crippen molar-refractivity contribution >= 4 is 58.1 Å². The number of thiocarbonyl (C=S) groups is 1. The Hall–Kier alpha value is -3.17. The predicted molar refractivity (Wildman–Crippen MR) is 119 cm³/mol. The molecule has 0 atom stereocenters. The Bertz CT molecular complexity index is 921. The van der Waals surface area contributed by atoms with Crippen LogP contribution in [-0.4, -0.2) is 29.5 Å². The van der Waals surface area contributed by atoms with Crippen molar-refractivity contribution in [2.75, 3.05) is 17.2 Å². The van der Waals surface area contributed by atoms with Crippen molar-refractivity contribution in [3.8, 4) is 0 Å². The van der Waals surface area contributed by atoms with Gasteiger partial charge in [-0.1, -0.05) is 23.7 Å². The largest absolute Gasteiger partial charge is 0.462 e. The average Bonchev–Trinajstić information content (AvgIpc) is 2.73. The van der Waals surface area contributed by atoms with Crippen LogP contribution in [0, 0.1) is 0 Å². The van der Waals surface area contributed by atoms with Crippen molar-refractivity contribution in [3.05, 3.63) is 59.1 Å². The molecule has 2 amide bonds. The van der Waals surface area contributed by atoms with E-state index in [4.69, 9.17) is 28.6 Å². The van der Waals surface area contributed by atoms with Crippen LogP contribution in [0.2, 0.25) is 5.02 Å². The molecule has 0 saturated carbocycles. The molecule has 0 heterocycles. The van der Waals surface area contributed by atoms with E-state index >= 15 is 0 Å². The first-order valence-electron chi connectivity index (χ1n) is 9.06. The molecule has 8 nitrogen and oxygen atoms in total. The molecule has 2 rings (SSSR count). The van der Waals surface area contributed by atoms with Crippen molar-refractivity contribution in [1.29, 1.82) is 0 Å². The van der Waals surface area contributed by atoms with Gasteiger partial charge in [-0.05, 0) is 55.5 Å². The highest BCUT2D eigenvalue weighted by atomic mass is 35.5. The summed E-state index contributed by atoms with van der Waals surface area (Å²) < 4.78 is 4.91. The molecule has 0 aromatic heterocycles. The fourth-order valence-corrected chi connectivity index (χ4v) is 2.61. The second-order valence-electron chi connectivity index (χ2n) is 5.95. The number of carbonyl (C=O) groups excluding carboxylic acids is 3. The second kappa shape index (κ2) is 11.7. The van der Waals surface area contributed by atoms with Gasteiger partial charge >= 0.3 is 5.97 Å². The van der Waals surface area contributed by atoms with Crippen LogP contribution in [0.25, 0.3) is 0 Å². The summed E-state index contributed by atoms with van der Waals surface area (Å²) >= 11 is 11.1. The molecule has 0 spiro atoms. The van der Waals surface area contributed by atoms with Gasteiger partial charge in [0.2, 0.25) is 11.8 Å². The Balaban J connectivity index is 1.70. The number of esters is 1. The predicted octanol–water partition coefficient (Wildman–Crippen LogP) is 3.25. The standard InChI is InChI=1S/C20H21ClN4O4S/c1-2-29-19(28)13-7-9-14(10-8-13)22-20(30)25-24-18(27)12-11-17(26)23-16-6-4-3-5-15(16)21/h3-10H,2,11-12H2,1H3,(H,23,26)(H,24,27)(H2,22,25,30). The molecule has 158 valence electrons. The maximum absolute atomic E-state index is 11.9. The molecule has 0 bridgehead atoms. The third kappa shape index (κ3) is 7.69. The number of hydrogen-bond donors (Lipinski definition) is 4. The SMILES string of the molecule is CCOC(=O)c1ccc(NC(=S)NNC(=O)CCC(=O)Nc2ccccc2Cl)cc1. The number of halogens is 1. The summed E-state index contributed by atoms with van der Waals surface area (Å²) in [5, 5.41) is 6.07. The van der Waals surface area contributed by atoms with Crippen LogP contribution in [0.5, 0.6) is 0 Å². The van der Waals surface area contributed by atoms with Crippen LogP contribution in [0.3, 0.4) is 0 Å². The minimum atomic E-state index is -0.411. The number of carbonyl (C=O) groups is 3. The quantitative estimate of drug-likeness (QED) is 0.292. The molecule has 0 saturated heterocycles. The lowest BCUT2D eigenvalue weighted by Crippen LogP contribution is -2.43. The van der Waals surface area contributed by atoms with Gasteiger partial charge in [0, 0.05) is 18.5 Å². The number of ether oxygens (including phenoxy) is 1. The summed E-state index contributed by atoms with van der Waals surface area (Å²) in [5.41, 5.74) is 6.48. The Morgan fingerprint density at radius 1 is 0.933 bits per heavy atom. The Labute approximate surface area is 184 Å². The van der Waals surface area contributed by atoms with Gasteiger partial charge < -0.3 is 15.4 Å². The molecular weight excluding hydrogens is 428 g/mol. The minimum Gasteiger partial charge on any atom is -0.462 e. The number of hydrazine groups is 1. The summed E-state index contributed by atoms with van der Waals surface area (Å²) in [7, 11) is 0. The highest BCUT2D eigenvalue weighted by Gasteiger charge is 2.10. The first kappa shape index (κ1) is 23.1. The second-order valence-corrected chi connectivity index (χ2v) is 6.77. The van der Waals surface area contributed by atoms with E-state index in [1.807, 2.05) is 0 Å². The van der Waals surface area contributed by atoms with E-state index in [0.29, 0.717) is 28.6 Å². The van der Waals surface area contributed by atoms with Gasteiger partial charge in [-0.3, -0.25) is 20.4 Å². The maximum atomic E-state index is 11.9. The molecule has 0 aliphatic carbocycles. The van der Waals surface area contributed by atoms with E-state index in [9.17, 15) is 14.4 Å². The number of benzene rings is 2. The maximum Gasteiger partial charge on any atom is 0.338 e. The average molecular weight is 449 g/mol. The Morgan fingerprint density at radius 2 is 1.60 bits per heavy atom. The highest BCUT2D eigenvalue weighted by Crippen LogP contribution is 2.20.